The Hall–Kier alpha value is -3.45. The maximum absolute atomic E-state index is 13.3. The van der Waals surface area contributed by atoms with Crippen LogP contribution < -0.4 is 10.6 Å². The number of likely N-dealkylation sites (N-methyl/N-ethyl adjacent to an activating group) is 1. The number of fused-ring (bicyclic) bond motifs is 2. The summed E-state index contributed by atoms with van der Waals surface area (Å²) in [5.41, 5.74) is 1.49. The van der Waals surface area contributed by atoms with Gasteiger partial charge in [0, 0.05) is 41.1 Å². The third kappa shape index (κ3) is 3.71. The van der Waals surface area contributed by atoms with Gasteiger partial charge in [0.1, 0.15) is 0 Å². The molecule has 0 bridgehead atoms. The minimum atomic E-state index is -0.681. The average Bonchev–Trinajstić information content (AvgIpc) is 2.75. The number of hydrogen-bond donors (Lipinski definition) is 2. The number of halogens is 1. The molecule has 4 rings (SSSR count). The van der Waals surface area contributed by atoms with Gasteiger partial charge in [-0.15, -0.1) is 0 Å². The summed E-state index contributed by atoms with van der Waals surface area (Å²) in [6.07, 6.45) is 3.32. The molecule has 3 aromatic rings. The highest BCUT2D eigenvalue weighted by atomic mass is 35.5. The zero-order valence-electron chi connectivity index (χ0n) is 16.2. The lowest BCUT2D eigenvalue weighted by Crippen LogP contribution is -2.47. The SMILES string of the molecule is CNC(=O)CN1CC(C(=O)Nc2cncc3ccccc23)c2cc(Cl)ccc2C1=O. The molecule has 2 heterocycles. The first-order valence-corrected chi connectivity index (χ1v) is 9.78. The van der Waals surface area contributed by atoms with Crippen LogP contribution in [0.15, 0.2) is 54.9 Å². The molecular weight excluding hydrogens is 404 g/mol. The first-order chi connectivity index (χ1) is 14.5. The summed E-state index contributed by atoms with van der Waals surface area (Å²) in [5.74, 6) is -1.59. The highest BCUT2D eigenvalue weighted by Crippen LogP contribution is 2.32. The molecule has 0 saturated heterocycles. The predicted molar refractivity (Wildman–Crippen MR) is 115 cm³/mol. The Bertz CT molecular complexity index is 1160. The van der Waals surface area contributed by atoms with Crippen LogP contribution in [0.4, 0.5) is 5.69 Å². The molecule has 0 saturated carbocycles. The molecule has 30 heavy (non-hydrogen) atoms. The molecule has 1 aliphatic rings. The van der Waals surface area contributed by atoms with Gasteiger partial charge < -0.3 is 15.5 Å². The molecule has 1 atom stereocenters. The summed E-state index contributed by atoms with van der Waals surface area (Å²) in [5, 5.41) is 7.64. The van der Waals surface area contributed by atoms with Crippen LogP contribution in [0.25, 0.3) is 10.8 Å². The lowest BCUT2D eigenvalue weighted by atomic mass is 9.88. The second kappa shape index (κ2) is 8.12. The van der Waals surface area contributed by atoms with Crippen LogP contribution in [-0.2, 0) is 9.59 Å². The molecule has 0 spiro atoms. The number of aromatic nitrogens is 1. The second-order valence-corrected chi connectivity index (χ2v) is 7.48. The van der Waals surface area contributed by atoms with Crippen molar-refractivity contribution in [3.63, 3.8) is 0 Å². The van der Waals surface area contributed by atoms with E-state index in [0.29, 0.717) is 21.8 Å². The molecular formula is C22H19ClN4O3. The fourth-order valence-corrected chi connectivity index (χ4v) is 3.82. The predicted octanol–water partition coefficient (Wildman–Crippen LogP) is 2.81. The molecule has 2 aromatic carbocycles. The van der Waals surface area contributed by atoms with E-state index < -0.39 is 5.92 Å². The molecule has 7 nitrogen and oxygen atoms in total. The van der Waals surface area contributed by atoms with E-state index in [2.05, 4.69) is 15.6 Å². The van der Waals surface area contributed by atoms with Gasteiger partial charge in [-0.25, -0.2) is 0 Å². The molecule has 1 aromatic heterocycles. The summed E-state index contributed by atoms with van der Waals surface area (Å²) < 4.78 is 0. The van der Waals surface area contributed by atoms with Crippen LogP contribution in [0, 0.1) is 0 Å². The van der Waals surface area contributed by atoms with Gasteiger partial charge in [0.2, 0.25) is 11.8 Å². The van der Waals surface area contributed by atoms with Crippen molar-refractivity contribution in [3.8, 4) is 0 Å². The molecule has 3 amide bonds. The Morgan fingerprint density at radius 2 is 2.00 bits per heavy atom. The zero-order valence-corrected chi connectivity index (χ0v) is 16.9. The van der Waals surface area contributed by atoms with E-state index in [1.807, 2.05) is 24.3 Å². The van der Waals surface area contributed by atoms with E-state index in [1.165, 1.54) is 11.9 Å². The van der Waals surface area contributed by atoms with Gasteiger partial charge in [0.05, 0.1) is 24.3 Å². The van der Waals surface area contributed by atoms with Crippen molar-refractivity contribution in [2.45, 2.75) is 5.92 Å². The van der Waals surface area contributed by atoms with Crippen molar-refractivity contribution in [2.24, 2.45) is 0 Å². The highest BCUT2D eigenvalue weighted by molar-refractivity contribution is 6.30. The second-order valence-electron chi connectivity index (χ2n) is 7.04. The Balaban J connectivity index is 1.69. The number of nitrogens with zero attached hydrogens (tertiary/aromatic N) is 2. The number of nitrogens with one attached hydrogen (secondary N) is 2. The summed E-state index contributed by atoms with van der Waals surface area (Å²) in [6, 6.07) is 12.4. The Kier molecular flexibility index (Phi) is 5.37. The number of carbonyl (C=O) groups excluding carboxylic acids is 3. The standard InChI is InChI=1S/C22H19ClN4O3/c1-24-20(28)12-27-11-18(17-8-14(23)6-7-16(17)22(27)30)21(29)26-19-10-25-9-13-4-2-3-5-15(13)19/h2-10,18H,11-12H2,1H3,(H,24,28)(H,26,29). The number of hydrogen-bond acceptors (Lipinski definition) is 4. The van der Waals surface area contributed by atoms with E-state index in [9.17, 15) is 14.4 Å². The molecule has 1 unspecified atom stereocenters. The van der Waals surface area contributed by atoms with E-state index in [4.69, 9.17) is 11.6 Å². The summed E-state index contributed by atoms with van der Waals surface area (Å²) in [6.45, 7) is -0.0549. The molecule has 152 valence electrons. The Labute approximate surface area is 178 Å². The lowest BCUT2D eigenvalue weighted by molar-refractivity contribution is -0.122. The summed E-state index contributed by atoms with van der Waals surface area (Å²) in [4.78, 5) is 43.6. The maximum Gasteiger partial charge on any atom is 0.254 e. The van der Waals surface area contributed by atoms with Gasteiger partial charge in [0.25, 0.3) is 5.91 Å². The normalized spacial score (nSPS) is 15.6. The van der Waals surface area contributed by atoms with Crippen molar-refractivity contribution in [1.29, 1.82) is 0 Å². The van der Waals surface area contributed by atoms with Crippen LogP contribution in [0.5, 0.6) is 0 Å². The quantitative estimate of drug-likeness (QED) is 0.676. The molecule has 0 radical (unpaired) electrons. The topological polar surface area (TPSA) is 91.4 Å². The largest absolute Gasteiger partial charge is 0.358 e. The number of pyridine rings is 1. The van der Waals surface area contributed by atoms with Crippen LogP contribution in [0.2, 0.25) is 5.02 Å². The third-order valence-corrected chi connectivity index (χ3v) is 5.40. The molecule has 1 aliphatic heterocycles. The fourth-order valence-electron chi connectivity index (χ4n) is 3.64. The van der Waals surface area contributed by atoms with Crippen LogP contribution in [0.1, 0.15) is 21.8 Å². The molecule has 0 aliphatic carbocycles. The first kappa shape index (κ1) is 19.8. The lowest BCUT2D eigenvalue weighted by Gasteiger charge is -2.33. The van der Waals surface area contributed by atoms with Gasteiger partial charge in [0.15, 0.2) is 0 Å². The van der Waals surface area contributed by atoms with Gasteiger partial charge in [-0.1, -0.05) is 35.9 Å². The Morgan fingerprint density at radius 1 is 1.20 bits per heavy atom. The third-order valence-electron chi connectivity index (χ3n) is 5.17. The van der Waals surface area contributed by atoms with Crippen LogP contribution in [0.3, 0.4) is 0 Å². The van der Waals surface area contributed by atoms with Crippen molar-refractivity contribution in [3.05, 3.63) is 71.0 Å². The molecule has 8 heteroatoms. The number of anilines is 1. The van der Waals surface area contributed by atoms with Gasteiger partial charge in [-0.05, 0) is 23.8 Å². The van der Waals surface area contributed by atoms with Crippen LogP contribution >= 0.6 is 11.6 Å². The fraction of sp³-hybridized carbons (Fsp3) is 0.182. The minimum absolute atomic E-state index is 0.0730. The van der Waals surface area contributed by atoms with Gasteiger partial charge >= 0.3 is 0 Å². The first-order valence-electron chi connectivity index (χ1n) is 9.41. The minimum Gasteiger partial charge on any atom is -0.358 e. The van der Waals surface area contributed by atoms with E-state index >= 15 is 0 Å². The van der Waals surface area contributed by atoms with Crippen molar-refractivity contribution in [2.75, 3.05) is 25.5 Å². The summed E-state index contributed by atoms with van der Waals surface area (Å²) >= 11 is 6.15. The van der Waals surface area contributed by atoms with E-state index in [0.717, 1.165) is 10.8 Å². The Morgan fingerprint density at radius 3 is 2.80 bits per heavy atom. The van der Waals surface area contributed by atoms with Crippen molar-refractivity contribution in [1.82, 2.24) is 15.2 Å². The zero-order chi connectivity index (χ0) is 21.3. The molecule has 2 N–H and O–H groups in total. The number of benzene rings is 2. The number of amides is 3. The number of rotatable bonds is 4. The smallest absolute Gasteiger partial charge is 0.254 e. The average molecular weight is 423 g/mol. The van der Waals surface area contributed by atoms with Crippen LogP contribution in [-0.4, -0.2) is 47.7 Å². The molecule has 0 fully saturated rings. The van der Waals surface area contributed by atoms with Gasteiger partial charge in [-0.2, -0.15) is 0 Å². The van der Waals surface area contributed by atoms with E-state index in [-0.39, 0.29) is 30.8 Å². The summed E-state index contributed by atoms with van der Waals surface area (Å²) in [7, 11) is 1.50. The van der Waals surface area contributed by atoms with Crippen molar-refractivity contribution < 1.29 is 14.4 Å². The maximum atomic E-state index is 13.3. The number of carbonyl (C=O) groups is 3. The van der Waals surface area contributed by atoms with Crippen molar-refractivity contribution >= 4 is 45.8 Å². The highest BCUT2D eigenvalue weighted by Gasteiger charge is 2.36. The monoisotopic (exact) mass is 422 g/mol. The van der Waals surface area contributed by atoms with E-state index in [1.54, 1.807) is 30.6 Å². The van der Waals surface area contributed by atoms with Gasteiger partial charge in [-0.3, -0.25) is 19.4 Å².